The van der Waals surface area contributed by atoms with Gasteiger partial charge >= 0.3 is 6.03 Å². The summed E-state index contributed by atoms with van der Waals surface area (Å²) in [6.45, 7) is 0.408. The lowest BCUT2D eigenvalue weighted by Crippen LogP contribution is -2.32. The van der Waals surface area contributed by atoms with Crippen LogP contribution in [0.4, 0.5) is 10.6 Å². The van der Waals surface area contributed by atoms with E-state index in [4.69, 9.17) is 17.3 Å². The molecule has 0 aliphatic carbocycles. The Bertz CT molecular complexity index is 684. The van der Waals surface area contributed by atoms with Gasteiger partial charge in [0.25, 0.3) is 0 Å². The van der Waals surface area contributed by atoms with Gasteiger partial charge in [-0.15, -0.1) is 0 Å². The molecule has 0 aliphatic heterocycles. The number of nitrogens with two attached hydrogens (primary N) is 1. The van der Waals surface area contributed by atoms with E-state index in [1.807, 2.05) is 12.1 Å². The molecule has 1 aromatic heterocycles. The number of hydrogen-bond acceptors (Lipinski definition) is 3. The summed E-state index contributed by atoms with van der Waals surface area (Å²) in [5.41, 5.74) is 6.41. The van der Waals surface area contributed by atoms with Crippen molar-refractivity contribution < 1.29 is 9.59 Å². The van der Waals surface area contributed by atoms with E-state index in [0.29, 0.717) is 22.6 Å². The first kappa shape index (κ1) is 15.5. The minimum atomic E-state index is -0.693. The third-order valence-electron chi connectivity index (χ3n) is 2.95. The maximum atomic E-state index is 11.4. The number of hydrogen-bond donors (Lipinski definition) is 1. The number of aldehydes is 1. The van der Waals surface area contributed by atoms with Crippen molar-refractivity contribution in [1.29, 1.82) is 0 Å². The summed E-state index contributed by atoms with van der Waals surface area (Å²) in [6.07, 6.45) is 0.641. The van der Waals surface area contributed by atoms with E-state index in [1.54, 1.807) is 16.7 Å². The Morgan fingerprint density at radius 3 is 2.62 bits per heavy atom. The lowest BCUT2D eigenvalue weighted by Gasteiger charge is -2.12. The molecule has 0 radical (unpaired) electrons. The number of amides is 2. The van der Waals surface area contributed by atoms with Crippen molar-refractivity contribution in [3.8, 4) is 0 Å². The van der Waals surface area contributed by atoms with Crippen molar-refractivity contribution in [2.45, 2.75) is 6.54 Å². The van der Waals surface area contributed by atoms with Gasteiger partial charge in [-0.05, 0) is 33.6 Å². The number of primary amides is 1. The molecule has 0 fully saturated rings. The summed E-state index contributed by atoms with van der Waals surface area (Å²) in [5, 5.41) is 0.633. The molecule has 2 rings (SSSR count). The highest BCUT2D eigenvalue weighted by molar-refractivity contribution is 9.10. The average molecular weight is 372 g/mol. The predicted octanol–water partition coefficient (Wildman–Crippen LogP) is 2.67. The van der Waals surface area contributed by atoms with Crippen LogP contribution in [0.5, 0.6) is 0 Å². The predicted molar refractivity (Wildman–Crippen MR) is 83.9 cm³/mol. The highest BCUT2D eigenvalue weighted by atomic mass is 79.9. The molecule has 0 atom stereocenters. The molecule has 0 spiro atoms. The number of imidazole rings is 1. The molecule has 8 heteroatoms. The van der Waals surface area contributed by atoms with Gasteiger partial charge in [-0.1, -0.05) is 23.7 Å². The SMILES string of the molecule is CN(C(N)=O)c1nc(Br)n(Cc2ccc(Cl)cc2)c1C=O. The molecule has 1 aromatic carbocycles. The number of anilines is 1. The fourth-order valence-electron chi connectivity index (χ4n) is 1.82. The Morgan fingerprint density at radius 1 is 1.48 bits per heavy atom. The van der Waals surface area contributed by atoms with Crippen LogP contribution in [0.2, 0.25) is 5.02 Å². The van der Waals surface area contributed by atoms with Crippen molar-refractivity contribution in [3.63, 3.8) is 0 Å². The molecule has 0 aliphatic rings. The lowest BCUT2D eigenvalue weighted by molar-refractivity contribution is 0.111. The molecule has 0 saturated carbocycles. The largest absolute Gasteiger partial charge is 0.351 e. The Kier molecular flexibility index (Phi) is 4.64. The summed E-state index contributed by atoms with van der Waals surface area (Å²) >= 11 is 9.13. The van der Waals surface area contributed by atoms with E-state index in [2.05, 4.69) is 20.9 Å². The van der Waals surface area contributed by atoms with Crippen LogP contribution in [-0.2, 0) is 6.54 Å². The van der Waals surface area contributed by atoms with Gasteiger partial charge in [0.05, 0.1) is 6.54 Å². The van der Waals surface area contributed by atoms with Gasteiger partial charge in [0.2, 0.25) is 0 Å². The minimum Gasteiger partial charge on any atom is -0.351 e. The van der Waals surface area contributed by atoms with Crippen molar-refractivity contribution in [2.75, 3.05) is 11.9 Å². The van der Waals surface area contributed by atoms with E-state index in [9.17, 15) is 9.59 Å². The van der Waals surface area contributed by atoms with E-state index in [1.165, 1.54) is 7.05 Å². The standard InChI is InChI=1S/C13H12BrClN4O2/c1-18(13(16)21)11-10(7-20)19(12(14)17-11)6-8-2-4-9(15)5-3-8/h2-5,7H,6H2,1H3,(H2,16,21). The molecular formula is C13H12BrClN4O2. The molecule has 2 N–H and O–H groups in total. The highest BCUT2D eigenvalue weighted by Gasteiger charge is 2.20. The number of rotatable bonds is 4. The second-order valence-electron chi connectivity index (χ2n) is 4.32. The molecule has 0 saturated heterocycles. The maximum absolute atomic E-state index is 11.4. The van der Waals surface area contributed by atoms with Gasteiger partial charge < -0.3 is 10.3 Å². The summed E-state index contributed by atoms with van der Waals surface area (Å²) < 4.78 is 2.08. The third kappa shape index (κ3) is 3.25. The smallest absolute Gasteiger partial charge is 0.320 e. The number of benzene rings is 1. The number of carbonyl (C=O) groups excluding carboxylic acids is 2. The molecule has 0 bridgehead atoms. The van der Waals surface area contributed by atoms with E-state index >= 15 is 0 Å². The molecule has 21 heavy (non-hydrogen) atoms. The molecule has 2 amide bonds. The van der Waals surface area contributed by atoms with Gasteiger partial charge in [0.15, 0.2) is 16.8 Å². The zero-order valence-corrected chi connectivity index (χ0v) is 13.4. The number of nitrogens with zero attached hydrogens (tertiary/aromatic N) is 3. The van der Waals surface area contributed by atoms with Crippen LogP contribution >= 0.6 is 27.5 Å². The number of halogens is 2. The molecular weight excluding hydrogens is 360 g/mol. The van der Waals surface area contributed by atoms with Crippen LogP contribution in [0.25, 0.3) is 0 Å². The first-order valence-electron chi connectivity index (χ1n) is 5.93. The van der Waals surface area contributed by atoms with Crippen LogP contribution in [0.3, 0.4) is 0 Å². The second-order valence-corrected chi connectivity index (χ2v) is 5.46. The van der Waals surface area contributed by atoms with Gasteiger partial charge in [-0.3, -0.25) is 9.69 Å². The second kappa shape index (κ2) is 6.28. The Hall–Kier alpha value is -1.86. The van der Waals surface area contributed by atoms with Crippen LogP contribution in [-0.4, -0.2) is 28.9 Å². The molecule has 2 aromatic rings. The highest BCUT2D eigenvalue weighted by Crippen LogP contribution is 2.24. The van der Waals surface area contributed by atoms with Crippen molar-refractivity contribution in [3.05, 3.63) is 45.3 Å². The zero-order chi connectivity index (χ0) is 15.6. The van der Waals surface area contributed by atoms with Crippen molar-refractivity contribution in [1.82, 2.24) is 9.55 Å². The topological polar surface area (TPSA) is 81.2 Å². The molecule has 110 valence electrons. The maximum Gasteiger partial charge on any atom is 0.320 e. The first-order chi connectivity index (χ1) is 9.93. The Labute approximate surface area is 134 Å². The zero-order valence-electron chi connectivity index (χ0n) is 11.1. The summed E-state index contributed by atoms with van der Waals surface area (Å²) in [6, 6.07) is 6.53. The van der Waals surface area contributed by atoms with Crippen LogP contribution in [0, 0.1) is 0 Å². The molecule has 0 unspecified atom stereocenters. The van der Waals surface area contributed by atoms with Crippen LogP contribution in [0.15, 0.2) is 29.0 Å². The van der Waals surface area contributed by atoms with Crippen LogP contribution < -0.4 is 10.6 Å². The summed E-state index contributed by atoms with van der Waals surface area (Å²) in [4.78, 5) is 27.9. The third-order valence-corrected chi connectivity index (χ3v) is 3.81. The summed E-state index contributed by atoms with van der Waals surface area (Å²) in [5.74, 6) is 0.207. The Morgan fingerprint density at radius 2 is 2.10 bits per heavy atom. The molecule has 1 heterocycles. The van der Waals surface area contributed by atoms with Crippen molar-refractivity contribution >= 4 is 45.7 Å². The fourth-order valence-corrected chi connectivity index (χ4v) is 2.43. The van der Waals surface area contributed by atoms with Gasteiger partial charge in [-0.25, -0.2) is 9.78 Å². The summed E-state index contributed by atoms with van der Waals surface area (Å²) in [7, 11) is 1.46. The van der Waals surface area contributed by atoms with Gasteiger partial charge in [0.1, 0.15) is 5.69 Å². The number of aromatic nitrogens is 2. The Balaban J connectivity index is 2.41. The van der Waals surface area contributed by atoms with Gasteiger partial charge in [-0.2, -0.15) is 0 Å². The first-order valence-corrected chi connectivity index (χ1v) is 7.10. The fraction of sp³-hybridized carbons (Fsp3) is 0.154. The van der Waals surface area contributed by atoms with Crippen LogP contribution in [0.1, 0.15) is 16.1 Å². The normalized spacial score (nSPS) is 10.4. The average Bonchev–Trinajstić information content (AvgIpc) is 2.76. The minimum absolute atomic E-state index is 0.207. The van der Waals surface area contributed by atoms with E-state index in [-0.39, 0.29) is 11.5 Å². The number of urea groups is 1. The monoisotopic (exact) mass is 370 g/mol. The molecule has 6 nitrogen and oxygen atoms in total. The van der Waals surface area contributed by atoms with E-state index in [0.717, 1.165) is 10.5 Å². The number of carbonyl (C=O) groups is 2. The van der Waals surface area contributed by atoms with E-state index < -0.39 is 6.03 Å². The van der Waals surface area contributed by atoms with Gasteiger partial charge in [0, 0.05) is 12.1 Å². The lowest BCUT2D eigenvalue weighted by atomic mass is 10.2. The quantitative estimate of drug-likeness (QED) is 0.839. The van der Waals surface area contributed by atoms with Crippen molar-refractivity contribution in [2.24, 2.45) is 5.73 Å².